The highest BCUT2D eigenvalue weighted by atomic mass is 79.9. The Labute approximate surface area is 210 Å². The van der Waals surface area contributed by atoms with Crippen molar-refractivity contribution in [3.63, 3.8) is 0 Å². The number of rotatable bonds is 10. The number of nitrogens with zero attached hydrogens (tertiary/aromatic N) is 3. The second kappa shape index (κ2) is 11.9. The molecule has 0 radical (unpaired) electrons. The number of anilines is 1. The summed E-state index contributed by atoms with van der Waals surface area (Å²) in [6.07, 6.45) is 1.70. The first-order valence-electron chi connectivity index (χ1n) is 10.6. The predicted molar refractivity (Wildman–Crippen MR) is 135 cm³/mol. The van der Waals surface area contributed by atoms with E-state index in [1.54, 1.807) is 36.4 Å². The largest absolute Gasteiger partial charge is 0.342 e. The minimum absolute atomic E-state index is 0.00744. The van der Waals surface area contributed by atoms with E-state index in [1.165, 1.54) is 23.9 Å². The minimum atomic E-state index is -0.529. The third-order valence-electron chi connectivity index (χ3n) is 4.86. The van der Waals surface area contributed by atoms with E-state index < -0.39 is 11.9 Å². The van der Waals surface area contributed by atoms with Gasteiger partial charge in [0.1, 0.15) is 5.82 Å². The Balaban J connectivity index is 1.74. The lowest BCUT2D eigenvalue weighted by molar-refractivity contribution is -0.113. The van der Waals surface area contributed by atoms with Crippen molar-refractivity contribution < 1.29 is 14.0 Å². The second-order valence-electron chi connectivity index (χ2n) is 7.76. The smallest absolute Gasteiger partial charge is 0.251 e. The standard InChI is InChI=1S/C24H25BrFN5O2S/c1-4-12-31-22(21(15(2)3)28-23(33)16-8-6-5-7-9-16)29-30-24(31)34-14-20(32)27-19-11-10-17(25)13-18(19)26/h4-11,13,15,21H,1,12,14H2,2-3H3,(H,27,32)(H,28,33)/t21-/m1/s1. The lowest BCUT2D eigenvalue weighted by Crippen LogP contribution is -2.33. The van der Waals surface area contributed by atoms with Gasteiger partial charge in [0.05, 0.1) is 17.5 Å². The van der Waals surface area contributed by atoms with Crippen molar-refractivity contribution in [1.82, 2.24) is 20.1 Å². The number of hydrogen-bond donors (Lipinski definition) is 2. The molecule has 0 saturated carbocycles. The monoisotopic (exact) mass is 545 g/mol. The molecule has 0 fully saturated rings. The Morgan fingerprint density at radius 3 is 2.59 bits per heavy atom. The molecule has 178 valence electrons. The van der Waals surface area contributed by atoms with Crippen molar-refractivity contribution in [2.75, 3.05) is 11.1 Å². The third kappa shape index (κ3) is 6.54. The van der Waals surface area contributed by atoms with Crippen molar-refractivity contribution >= 4 is 45.2 Å². The Morgan fingerprint density at radius 2 is 1.94 bits per heavy atom. The molecule has 0 bridgehead atoms. The van der Waals surface area contributed by atoms with Crippen molar-refractivity contribution in [2.24, 2.45) is 5.92 Å². The molecule has 0 aliphatic carbocycles. The first-order chi connectivity index (χ1) is 16.3. The van der Waals surface area contributed by atoms with Crippen LogP contribution < -0.4 is 10.6 Å². The second-order valence-corrected chi connectivity index (χ2v) is 9.62. The Bertz CT molecular complexity index is 1170. The van der Waals surface area contributed by atoms with Crippen LogP contribution in [0.25, 0.3) is 0 Å². The molecule has 2 N–H and O–H groups in total. The summed E-state index contributed by atoms with van der Waals surface area (Å²) in [4.78, 5) is 25.2. The minimum Gasteiger partial charge on any atom is -0.342 e. The van der Waals surface area contributed by atoms with Crippen LogP contribution in [0.3, 0.4) is 0 Å². The van der Waals surface area contributed by atoms with E-state index in [9.17, 15) is 14.0 Å². The number of aromatic nitrogens is 3. The molecule has 0 unspecified atom stereocenters. The number of allylic oxidation sites excluding steroid dienone is 1. The zero-order chi connectivity index (χ0) is 24.7. The number of thioether (sulfide) groups is 1. The van der Waals surface area contributed by atoms with E-state index in [1.807, 2.05) is 24.5 Å². The summed E-state index contributed by atoms with van der Waals surface area (Å²) < 4.78 is 16.4. The number of amides is 2. The average molecular weight is 546 g/mol. The number of halogens is 2. The molecular formula is C24H25BrFN5O2S. The zero-order valence-corrected chi connectivity index (χ0v) is 21.2. The van der Waals surface area contributed by atoms with E-state index in [0.717, 1.165) is 0 Å². The van der Waals surface area contributed by atoms with Gasteiger partial charge in [-0.25, -0.2) is 4.39 Å². The normalized spacial score (nSPS) is 11.8. The summed E-state index contributed by atoms with van der Waals surface area (Å²) in [5.41, 5.74) is 0.653. The van der Waals surface area contributed by atoms with Crippen LogP contribution in [0.5, 0.6) is 0 Å². The van der Waals surface area contributed by atoms with Crippen molar-refractivity contribution in [2.45, 2.75) is 31.6 Å². The molecule has 1 heterocycles. The fourth-order valence-corrected chi connectivity index (χ4v) is 4.28. The molecule has 0 spiro atoms. The fourth-order valence-electron chi connectivity index (χ4n) is 3.19. The van der Waals surface area contributed by atoms with Crippen LogP contribution in [-0.2, 0) is 11.3 Å². The van der Waals surface area contributed by atoms with Crippen LogP contribution >= 0.6 is 27.7 Å². The van der Waals surface area contributed by atoms with Gasteiger partial charge in [0.2, 0.25) is 5.91 Å². The van der Waals surface area contributed by atoms with Gasteiger partial charge in [-0.15, -0.1) is 16.8 Å². The van der Waals surface area contributed by atoms with E-state index >= 15 is 0 Å². The maximum Gasteiger partial charge on any atom is 0.251 e. The first-order valence-corrected chi connectivity index (χ1v) is 12.4. The van der Waals surface area contributed by atoms with Crippen molar-refractivity contribution in [3.05, 3.63) is 82.9 Å². The summed E-state index contributed by atoms with van der Waals surface area (Å²) in [7, 11) is 0. The molecule has 1 atom stereocenters. The molecule has 3 aromatic rings. The van der Waals surface area contributed by atoms with Gasteiger partial charge < -0.3 is 15.2 Å². The number of hydrogen-bond acceptors (Lipinski definition) is 5. The quantitative estimate of drug-likeness (QED) is 0.269. The maximum atomic E-state index is 14.0. The van der Waals surface area contributed by atoms with Crippen molar-refractivity contribution in [1.29, 1.82) is 0 Å². The van der Waals surface area contributed by atoms with Crippen LogP contribution in [0.15, 0.2) is 70.8 Å². The lowest BCUT2D eigenvalue weighted by Gasteiger charge is -2.22. The van der Waals surface area contributed by atoms with Gasteiger partial charge in [-0.05, 0) is 36.2 Å². The topological polar surface area (TPSA) is 88.9 Å². The molecule has 0 aliphatic heterocycles. The van der Waals surface area contributed by atoms with E-state index in [0.29, 0.717) is 27.6 Å². The number of carbonyl (C=O) groups excluding carboxylic acids is 2. The average Bonchev–Trinajstić information content (AvgIpc) is 3.20. The predicted octanol–water partition coefficient (Wildman–Crippen LogP) is 5.22. The van der Waals surface area contributed by atoms with Gasteiger partial charge in [-0.2, -0.15) is 0 Å². The van der Waals surface area contributed by atoms with Gasteiger partial charge >= 0.3 is 0 Å². The SMILES string of the molecule is C=CCn1c(SCC(=O)Nc2ccc(Br)cc2F)nnc1[C@H](NC(=O)c1ccccc1)C(C)C. The van der Waals surface area contributed by atoms with Crippen LogP contribution in [0.4, 0.5) is 10.1 Å². The highest BCUT2D eigenvalue weighted by molar-refractivity contribution is 9.10. The first kappa shape index (κ1) is 25.6. The Morgan fingerprint density at radius 1 is 1.21 bits per heavy atom. The van der Waals surface area contributed by atoms with E-state index in [4.69, 9.17) is 0 Å². The number of benzene rings is 2. The molecule has 0 aliphatic rings. The fraction of sp³-hybridized carbons (Fsp3) is 0.250. The summed E-state index contributed by atoms with van der Waals surface area (Å²) in [5.74, 6) is -0.508. The van der Waals surface area contributed by atoms with Crippen LogP contribution in [0, 0.1) is 11.7 Å². The van der Waals surface area contributed by atoms with E-state index in [-0.39, 0.29) is 29.2 Å². The highest BCUT2D eigenvalue weighted by Gasteiger charge is 2.26. The lowest BCUT2D eigenvalue weighted by atomic mass is 10.0. The van der Waals surface area contributed by atoms with E-state index in [2.05, 4.69) is 43.3 Å². The zero-order valence-electron chi connectivity index (χ0n) is 18.8. The summed E-state index contributed by atoms with van der Waals surface area (Å²) in [5, 5.41) is 14.7. The Hall–Kier alpha value is -2.98. The molecule has 2 aromatic carbocycles. The molecule has 1 aromatic heterocycles. The van der Waals surface area contributed by atoms with Crippen molar-refractivity contribution in [3.8, 4) is 0 Å². The molecule has 2 amide bonds. The molecule has 3 rings (SSSR count). The number of nitrogens with one attached hydrogen (secondary N) is 2. The van der Waals surface area contributed by atoms with Crippen LogP contribution in [0.1, 0.15) is 36.1 Å². The molecule has 10 heteroatoms. The summed E-state index contributed by atoms with van der Waals surface area (Å²) >= 11 is 4.36. The highest BCUT2D eigenvalue weighted by Crippen LogP contribution is 2.26. The van der Waals surface area contributed by atoms with Crippen LogP contribution in [-0.4, -0.2) is 32.3 Å². The van der Waals surface area contributed by atoms with Gasteiger partial charge in [-0.1, -0.05) is 65.8 Å². The summed E-state index contributed by atoms with van der Waals surface area (Å²) in [6.45, 7) is 8.17. The van der Waals surface area contributed by atoms with Gasteiger partial charge in [0.25, 0.3) is 5.91 Å². The van der Waals surface area contributed by atoms with Gasteiger partial charge in [0.15, 0.2) is 11.0 Å². The maximum absolute atomic E-state index is 14.0. The van der Waals surface area contributed by atoms with Gasteiger partial charge in [-0.3, -0.25) is 9.59 Å². The molecule has 34 heavy (non-hydrogen) atoms. The van der Waals surface area contributed by atoms with Gasteiger partial charge in [0, 0.05) is 16.6 Å². The summed E-state index contributed by atoms with van der Waals surface area (Å²) in [6, 6.07) is 13.0. The van der Waals surface area contributed by atoms with Crippen LogP contribution in [0.2, 0.25) is 0 Å². The molecule has 7 nitrogen and oxygen atoms in total. The molecule has 0 saturated heterocycles. The number of carbonyl (C=O) groups is 2. The Kier molecular flexibility index (Phi) is 9.00. The third-order valence-corrected chi connectivity index (χ3v) is 6.32. The molecular weight excluding hydrogens is 521 g/mol.